The van der Waals surface area contributed by atoms with Gasteiger partial charge in [-0.2, -0.15) is 0 Å². The minimum Gasteiger partial charge on any atom is -0.495 e. The maximum absolute atomic E-state index is 12.9. The Morgan fingerprint density at radius 1 is 1.00 bits per heavy atom. The first kappa shape index (κ1) is 21.3. The zero-order chi connectivity index (χ0) is 22.0. The van der Waals surface area contributed by atoms with Crippen LogP contribution in [0.25, 0.3) is 0 Å². The van der Waals surface area contributed by atoms with Crippen molar-refractivity contribution in [3.63, 3.8) is 0 Å². The van der Waals surface area contributed by atoms with Gasteiger partial charge in [0.2, 0.25) is 5.91 Å². The Labute approximate surface area is 187 Å². The molecule has 4 rings (SSSR count). The third-order valence-corrected chi connectivity index (χ3v) is 6.18. The smallest absolute Gasteiger partial charge is 0.325 e. The van der Waals surface area contributed by atoms with Crippen molar-refractivity contribution in [2.45, 2.75) is 6.92 Å². The largest absolute Gasteiger partial charge is 0.495 e. The standard InChI is InChI=1S/C23H27ClN4O3/c1-17-7-8-18(24)15-20(17)25-9-11-26(12-10-25)22(29)16-27-13-14-28(23(27)30)19-5-3-4-6-21(19)31-2/h3-8,15H,9-14,16H2,1-2H3. The highest BCUT2D eigenvalue weighted by Crippen LogP contribution is 2.30. The number of amides is 3. The van der Waals surface area contributed by atoms with Crippen LogP contribution in [0.2, 0.25) is 5.02 Å². The zero-order valence-corrected chi connectivity index (χ0v) is 18.6. The van der Waals surface area contributed by atoms with E-state index >= 15 is 0 Å². The number of hydrogen-bond donors (Lipinski definition) is 0. The van der Waals surface area contributed by atoms with Gasteiger partial charge in [-0.15, -0.1) is 0 Å². The molecular formula is C23H27ClN4O3. The molecule has 0 aromatic heterocycles. The molecule has 2 aliphatic heterocycles. The van der Waals surface area contributed by atoms with E-state index in [1.165, 1.54) is 5.56 Å². The number of urea groups is 1. The molecule has 0 aliphatic carbocycles. The summed E-state index contributed by atoms with van der Waals surface area (Å²) in [5, 5.41) is 0.714. The molecule has 0 atom stereocenters. The highest BCUT2D eigenvalue weighted by molar-refractivity contribution is 6.30. The van der Waals surface area contributed by atoms with Gasteiger partial charge in [0.05, 0.1) is 12.8 Å². The SMILES string of the molecule is COc1ccccc1N1CCN(CC(=O)N2CCN(c3cc(Cl)ccc3C)CC2)C1=O. The third-order valence-electron chi connectivity index (χ3n) is 5.94. The molecule has 164 valence electrons. The van der Waals surface area contributed by atoms with Crippen LogP contribution in [0.4, 0.5) is 16.2 Å². The van der Waals surface area contributed by atoms with Gasteiger partial charge in [0, 0.05) is 50.0 Å². The number of para-hydroxylation sites is 2. The molecule has 2 aliphatic rings. The van der Waals surface area contributed by atoms with E-state index in [-0.39, 0.29) is 18.5 Å². The summed E-state index contributed by atoms with van der Waals surface area (Å²) in [7, 11) is 1.59. The lowest BCUT2D eigenvalue weighted by Gasteiger charge is -2.37. The van der Waals surface area contributed by atoms with Crippen LogP contribution in [-0.2, 0) is 4.79 Å². The molecule has 0 bridgehead atoms. The van der Waals surface area contributed by atoms with Gasteiger partial charge >= 0.3 is 6.03 Å². The van der Waals surface area contributed by atoms with Crippen molar-refractivity contribution in [3.8, 4) is 5.75 Å². The third kappa shape index (κ3) is 4.42. The molecule has 2 saturated heterocycles. The minimum absolute atomic E-state index is 0.0160. The van der Waals surface area contributed by atoms with Crippen LogP contribution in [0.5, 0.6) is 5.75 Å². The van der Waals surface area contributed by atoms with Crippen LogP contribution in [0.15, 0.2) is 42.5 Å². The zero-order valence-electron chi connectivity index (χ0n) is 17.9. The summed E-state index contributed by atoms with van der Waals surface area (Å²) in [6.45, 7) is 5.96. The van der Waals surface area contributed by atoms with Crippen molar-refractivity contribution in [3.05, 3.63) is 53.1 Å². The molecule has 8 heteroatoms. The molecule has 7 nitrogen and oxygen atoms in total. The molecule has 2 heterocycles. The van der Waals surface area contributed by atoms with E-state index in [2.05, 4.69) is 11.8 Å². The second-order valence-corrected chi connectivity index (χ2v) is 8.26. The lowest BCUT2D eigenvalue weighted by atomic mass is 10.1. The molecule has 0 radical (unpaired) electrons. The van der Waals surface area contributed by atoms with Gasteiger partial charge in [0.15, 0.2) is 0 Å². The van der Waals surface area contributed by atoms with Crippen LogP contribution < -0.4 is 14.5 Å². The normalized spacial score (nSPS) is 16.8. The monoisotopic (exact) mass is 442 g/mol. The molecule has 2 aromatic rings. The fraction of sp³-hybridized carbons (Fsp3) is 0.391. The van der Waals surface area contributed by atoms with Gasteiger partial charge in [-0.1, -0.05) is 29.8 Å². The maximum Gasteiger partial charge on any atom is 0.325 e. The Balaban J connectivity index is 1.34. The number of methoxy groups -OCH3 is 1. The second-order valence-electron chi connectivity index (χ2n) is 7.83. The Kier molecular flexibility index (Phi) is 6.23. The van der Waals surface area contributed by atoms with Crippen molar-refractivity contribution in [2.24, 2.45) is 0 Å². The summed E-state index contributed by atoms with van der Waals surface area (Å²) < 4.78 is 5.38. The average molecular weight is 443 g/mol. The van der Waals surface area contributed by atoms with Crippen molar-refractivity contribution in [1.82, 2.24) is 9.80 Å². The van der Waals surface area contributed by atoms with Gasteiger partial charge in [-0.05, 0) is 36.8 Å². The summed E-state index contributed by atoms with van der Waals surface area (Å²) in [6.07, 6.45) is 0. The number of halogens is 1. The molecule has 2 aromatic carbocycles. The quantitative estimate of drug-likeness (QED) is 0.713. The van der Waals surface area contributed by atoms with Gasteiger partial charge in [-0.25, -0.2) is 4.79 Å². The lowest BCUT2D eigenvalue weighted by Crippen LogP contribution is -2.51. The first-order valence-corrected chi connectivity index (χ1v) is 10.8. The molecule has 0 spiro atoms. The van der Waals surface area contributed by atoms with Crippen LogP contribution in [0.1, 0.15) is 5.56 Å². The number of benzene rings is 2. The first-order chi connectivity index (χ1) is 15.0. The summed E-state index contributed by atoms with van der Waals surface area (Å²) in [5.74, 6) is 0.633. The Hall–Kier alpha value is -2.93. The van der Waals surface area contributed by atoms with Gasteiger partial charge in [-0.3, -0.25) is 9.69 Å². The number of anilines is 2. The number of carbonyl (C=O) groups excluding carboxylic acids is 2. The number of hydrogen-bond acceptors (Lipinski definition) is 4. The minimum atomic E-state index is -0.161. The predicted molar refractivity (Wildman–Crippen MR) is 122 cm³/mol. The van der Waals surface area contributed by atoms with Gasteiger partial charge in [0.1, 0.15) is 12.3 Å². The fourth-order valence-corrected chi connectivity index (χ4v) is 4.36. The van der Waals surface area contributed by atoms with Gasteiger partial charge < -0.3 is 19.4 Å². The van der Waals surface area contributed by atoms with Crippen LogP contribution in [0.3, 0.4) is 0 Å². The summed E-state index contributed by atoms with van der Waals surface area (Å²) >= 11 is 6.16. The van der Waals surface area contributed by atoms with E-state index in [0.717, 1.165) is 24.5 Å². The van der Waals surface area contributed by atoms with Crippen molar-refractivity contribution < 1.29 is 14.3 Å². The van der Waals surface area contributed by atoms with E-state index in [1.807, 2.05) is 47.4 Å². The first-order valence-electron chi connectivity index (χ1n) is 10.5. The van der Waals surface area contributed by atoms with Crippen molar-refractivity contribution in [1.29, 1.82) is 0 Å². The lowest BCUT2D eigenvalue weighted by molar-refractivity contribution is -0.131. The molecule has 3 amide bonds. The number of ether oxygens (including phenoxy) is 1. The van der Waals surface area contributed by atoms with Crippen molar-refractivity contribution in [2.75, 3.05) is 62.7 Å². The summed E-state index contributed by atoms with van der Waals surface area (Å²) in [4.78, 5) is 33.2. The molecule has 0 unspecified atom stereocenters. The Bertz CT molecular complexity index is 975. The molecule has 0 saturated carbocycles. The van der Waals surface area contributed by atoms with E-state index in [9.17, 15) is 9.59 Å². The fourth-order valence-electron chi connectivity index (χ4n) is 4.19. The highest BCUT2D eigenvalue weighted by atomic mass is 35.5. The molecular weight excluding hydrogens is 416 g/mol. The second kappa shape index (κ2) is 9.06. The van der Waals surface area contributed by atoms with E-state index in [4.69, 9.17) is 16.3 Å². The highest BCUT2D eigenvalue weighted by Gasteiger charge is 2.33. The molecule has 0 N–H and O–H groups in total. The Morgan fingerprint density at radius 3 is 2.48 bits per heavy atom. The maximum atomic E-state index is 12.9. The number of aryl methyl sites for hydroxylation is 1. The topological polar surface area (TPSA) is 56.3 Å². The van der Waals surface area contributed by atoms with E-state index in [0.29, 0.717) is 37.0 Å². The molecule has 31 heavy (non-hydrogen) atoms. The number of carbonyl (C=O) groups is 2. The Morgan fingerprint density at radius 2 is 1.74 bits per heavy atom. The summed E-state index contributed by atoms with van der Waals surface area (Å²) in [5.41, 5.74) is 3.01. The van der Waals surface area contributed by atoms with Crippen LogP contribution in [0, 0.1) is 6.92 Å². The van der Waals surface area contributed by atoms with E-state index < -0.39 is 0 Å². The van der Waals surface area contributed by atoms with Crippen LogP contribution >= 0.6 is 11.6 Å². The average Bonchev–Trinajstić information content (AvgIpc) is 3.15. The number of piperazine rings is 1. The number of nitrogens with zero attached hydrogens (tertiary/aromatic N) is 4. The van der Waals surface area contributed by atoms with Gasteiger partial charge in [0.25, 0.3) is 0 Å². The number of rotatable bonds is 5. The van der Waals surface area contributed by atoms with Crippen molar-refractivity contribution >= 4 is 34.9 Å². The predicted octanol–water partition coefficient (Wildman–Crippen LogP) is 3.25. The molecule has 2 fully saturated rings. The summed E-state index contributed by atoms with van der Waals surface area (Å²) in [6, 6.07) is 13.2. The van der Waals surface area contributed by atoms with Crippen LogP contribution in [-0.4, -0.2) is 74.7 Å². The van der Waals surface area contributed by atoms with E-state index in [1.54, 1.807) is 16.9 Å².